The fourth-order valence-electron chi connectivity index (χ4n) is 2.13. The monoisotopic (exact) mass is 314 g/mol. The van der Waals surface area contributed by atoms with Crippen LogP contribution in [0.15, 0.2) is 29.1 Å². The van der Waals surface area contributed by atoms with Crippen molar-refractivity contribution < 1.29 is 10.3 Å². The molecule has 0 saturated carbocycles. The minimum Gasteiger partial charge on any atom is -0.412 e. The van der Waals surface area contributed by atoms with E-state index in [1.54, 1.807) is 24.3 Å². The van der Waals surface area contributed by atoms with Gasteiger partial charge in [0.25, 0.3) is 5.56 Å². The number of halogens is 1. The van der Waals surface area contributed by atoms with Gasteiger partial charge in [-0.25, -0.2) is 4.68 Å². The topological polar surface area (TPSA) is 67.4 Å². The van der Waals surface area contributed by atoms with E-state index in [0.717, 1.165) is 4.85 Å². The number of fused-ring (bicyclic) bond motifs is 1. The first kappa shape index (κ1) is 13.2. The normalized spacial score (nSPS) is 15.2. The van der Waals surface area contributed by atoms with Crippen molar-refractivity contribution in [3.63, 3.8) is 0 Å². The molecule has 5 nitrogen and oxygen atoms in total. The van der Waals surface area contributed by atoms with E-state index >= 15 is 0 Å². The molecule has 0 aliphatic rings. The van der Waals surface area contributed by atoms with Crippen LogP contribution in [0.4, 0.5) is 0 Å². The van der Waals surface area contributed by atoms with Crippen molar-refractivity contribution in [1.82, 2.24) is 9.53 Å². The standard InChI is InChI=1S/C12H15BrN2O3/c1-7(2)10(11(13)16)14-12(17)8-5-3-4-6-9(8)15(14)18/h3-7,10-11,16,18H,1-2H3. The quantitative estimate of drug-likeness (QED) is 0.672. The number of aromatic nitrogens is 2. The van der Waals surface area contributed by atoms with E-state index in [0.29, 0.717) is 10.9 Å². The molecule has 1 aromatic heterocycles. The van der Waals surface area contributed by atoms with Gasteiger partial charge in [-0.3, -0.25) is 4.79 Å². The number of nitrogens with zero attached hydrogens (tertiary/aromatic N) is 2. The molecule has 2 N–H and O–H groups in total. The molecule has 2 rings (SSSR count). The predicted molar refractivity (Wildman–Crippen MR) is 72.2 cm³/mol. The van der Waals surface area contributed by atoms with Gasteiger partial charge in [0.1, 0.15) is 10.5 Å². The highest BCUT2D eigenvalue weighted by Gasteiger charge is 2.28. The van der Waals surface area contributed by atoms with E-state index in [4.69, 9.17) is 0 Å². The Labute approximate surface area is 112 Å². The van der Waals surface area contributed by atoms with Crippen molar-refractivity contribution in [3.05, 3.63) is 34.6 Å². The van der Waals surface area contributed by atoms with Gasteiger partial charge in [-0.05, 0) is 18.1 Å². The van der Waals surface area contributed by atoms with Crippen molar-refractivity contribution in [1.29, 1.82) is 0 Å². The minimum atomic E-state index is -0.912. The van der Waals surface area contributed by atoms with E-state index < -0.39 is 11.1 Å². The van der Waals surface area contributed by atoms with Gasteiger partial charge in [0, 0.05) is 0 Å². The second-order valence-corrected chi connectivity index (χ2v) is 5.50. The van der Waals surface area contributed by atoms with E-state index in [1.807, 2.05) is 13.8 Å². The smallest absolute Gasteiger partial charge is 0.277 e. The highest BCUT2D eigenvalue weighted by atomic mass is 79.9. The summed E-state index contributed by atoms with van der Waals surface area (Å²) in [6.45, 7) is 3.75. The van der Waals surface area contributed by atoms with Crippen LogP contribution in [0.5, 0.6) is 0 Å². The fourth-order valence-corrected chi connectivity index (χ4v) is 2.97. The average molecular weight is 315 g/mol. The molecule has 98 valence electrons. The Bertz CT molecular complexity index is 607. The number of hydrogen-bond donors (Lipinski definition) is 2. The first-order chi connectivity index (χ1) is 8.45. The maximum absolute atomic E-state index is 12.2. The Balaban J connectivity index is 2.74. The van der Waals surface area contributed by atoms with Gasteiger partial charge in [0.05, 0.1) is 11.4 Å². The maximum atomic E-state index is 12.2. The third kappa shape index (κ3) is 1.95. The number of aliphatic hydroxyl groups excluding tert-OH is 1. The van der Waals surface area contributed by atoms with Gasteiger partial charge < -0.3 is 10.3 Å². The number of para-hydroxylation sites is 1. The van der Waals surface area contributed by atoms with Gasteiger partial charge in [-0.1, -0.05) is 41.9 Å². The number of hydrogen-bond acceptors (Lipinski definition) is 3. The molecule has 0 spiro atoms. The van der Waals surface area contributed by atoms with Crippen LogP contribution in [0.3, 0.4) is 0 Å². The van der Waals surface area contributed by atoms with Gasteiger partial charge in [0.15, 0.2) is 0 Å². The third-order valence-electron chi connectivity index (χ3n) is 3.01. The summed E-state index contributed by atoms with van der Waals surface area (Å²) >= 11 is 3.08. The molecular formula is C12H15BrN2O3. The molecule has 0 amide bonds. The first-order valence-electron chi connectivity index (χ1n) is 5.68. The number of rotatable bonds is 3. The Morgan fingerprint density at radius 2 is 1.89 bits per heavy atom. The van der Waals surface area contributed by atoms with E-state index in [-0.39, 0.29) is 11.5 Å². The van der Waals surface area contributed by atoms with Crippen LogP contribution < -0.4 is 5.56 Å². The number of alkyl halides is 1. The van der Waals surface area contributed by atoms with Crippen molar-refractivity contribution in [2.24, 2.45) is 5.92 Å². The first-order valence-corrected chi connectivity index (χ1v) is 6.60. The summed E-state index contributed by atoms with van der Waals surface area (Å²) in [5, 5.41) is 19.3. The lowest BCUT2D eigenvalue weighted by Gasteiger charge is -2.24. The molecular weight excluding hydrogens is 300 g/mol. The molecule has 0 aliphatic heterocycles. The summed E-state index contributed by atoms with van der Waals surface area (Å²) in [5.41, 5.74) is 0.117. The highest BCUT2D eigenvalue weighted by Crippen LogP contribution is 2.25. The summed E-state index contributed by atoms with van der Waals surface area (Å²) in [6, 6.07) is 6.25. The summed E-state index contributed by atoms with van der Waals surface area (Å²) in [5.74, 6) is -0.0210. The number of aliphatic hydroxyl groups is 1. The zero-order valence-corrected chi connectivity index (χ0v) is 11.7. The largest absolute Gasteiger partial charge is 0.412 e. The van der Waals surface area contributed by atoms with E-state index in [2.05, 4.69) is 15.9 Å². The predicted octanol–water partition coefficient (Wildman–Crippen LogP) is 1.95. The second-order valence-electron chi connectivity index (χ2n) is 4.56. The summed E-state index contributed by atoms with van der Waals surface area (Å²) in [6.07, 6.45) is 0. The summed E-state index contributed by atoms with van der Waals surface area (Å²) in [7, 11) is 0. The van der Waals surface area contributed by atoms with Gasteiger partial charge in [-0.15, -0.1) is 4.85 Å². The number of benzene rings is 1. The molecule has 2 atom stereocenters. The Morgan fingerprint density at radius 1 is 1.28 bits per heavy atom. The Morgan fingerprint density at radius 3 is 2.39 bits per heavy atom. The van der Waals surface area contributed by atoms with Gasteiger partial charge >= 0.3 is 0 Å². The molecule has 1 aromatic carbocycles. The van der Waals surface area contributed by atoms with Crippen molar-refractivity contribution in [2.45, 2.75) is 24.9 Å². The highest BCUT2D eigenvalue weighted by molar-refractivity contribution is 9.09. The maximum Gasteiger partial charge on any atom is 0.277 e. The molecule has 0 aliphatic carbocycles. The van der Waals surface area contributed by atoms with Gasteiger partial charge in [-0.2, -0.15) is 0 Å². The third-order valence-corrected chi connectivity index (χ3v) is 3.55. The summed E-state index contributed by atoms with van der Waals surface area (Å²) in [4.78, 5) is 13.1. The molecule has 0 bridgehead atoms. The second kappa shape index (κ2) is 4.78. The lowest BCUT2D eigenvalue weighted by Crippen LogP contribution is -2.35. The Hall–Kier alpha value is -1.27. The minimum absolute atomic E-state index is 0.0210. The van der Waals surface area contributed by atoms with Crippen molar-refractivity contribution in [3.8, 4) is 0 Å². The molecule has 0 radical (unpaired) electrons. The molecule has 0 saturated heterocycles. The van der Waals surface area contributed by atoms with Crippen LogP contribution in [0.2, 0.25) is 0 Å². The molecule has 18 heavy (non-hydrogen) atoms. The average Bonchev–Trinajstić information content (AvgIpc) is 2.55. The molecule has 2 unspecified atom stereocenters. The summed E-state index contributed by atoms with van der Waals surface area (Å²) < 4.78 is 1.18. The SMILES string of the molecule is CC(C)C(C(O)Br)n1c(=O)c2ccccc2n1O. The van der Waals surface area contributed by atoms with Crippen LogP contribution in [-0.2, 0) is 0 Å². The van der Waals surface area contributed by atoms with Crippen LogP contribution in [0, 0.1) is 5.92 Å². The zero-order valence-electron chi connectivity index (χ0n) is 10.1. The van der Waals surface area contributed by atoms with Crippen molar-refractivity contribution in [2.75, 3.05) is 0 Å². The lowest BCUT2D eigenvalue weighted by atomic mass is 10.1. The van der Waals surface area contributed by atoms with E-state index in [1.165, 1.54) is 4.68 Å². The van der Waals surface area contributed by atoms with Gasteiger partial charge in [0.2, 0.25) is 0 Å². The Kier molecular flexibility index (Phi) is 3.49. The van der Waals surface area contributed by atoms with Crippen LogP contribution in [-0.4, -0.2) is 24.9 Å². The lowest BCUT2D eigenvalue weighted by molar-refractivity contribution is 0.0593. The van der Waals surface area contributed by atoms with Crippen LogP contribution in [0.1, 0.15) is 19.9 Å². The fraction of sp³-hybridized carbons (Fsp3) is 0.417. The van der Waals surface area contributed by atoms with Crippen LogP contribution >= 0.6 is 15.9 Å². The molecule has 1 heterocycles. The van der Waals surface area contributed by atoms with Crippen molar-refractivity contribution >= 4 is 26.8 Å². The van der Waals surface area contributed by atoms with E-state index in [9.17, 15) is 15.1 Å². The zero-order chi connectivity index (χ0) is 13.4. The molecule has 6 heteroatoms. The molecule has 0 fully saturated rings. The molecule has 2 aromatic rings. The van der Waals surface area contributed by atoms with Crippen LogP contribution in [0.25, 0.3) is 10.9 Å².